The van der Waals surface area contributed by atoms with Gasteiger partial charge in [0.15, 0.2) is 5.11 Å². The normalized spacial score (nSPS) is 10.3. The lowest BCUT2D eigenvalue weighted by molar-refractivity contribution is -0.122. The molecular formula is C20H23N3O2S. The monoisotopic (exact) mass is 369 g/mol. The Balaban J connectivity index is 2.23. The molecule has 0 aliphatic rings. The van der Waals surface area contributed by atoms with Gasteiger partial charge in [-0.2, -0.15) is 0 Å². The predicted octanol–water partition coefficient (Wildman–Crippen LogP) is 3.82. The van der Waals surface area contributed by atoms with Gasteiger partial charge in [0, 0.05) is 18.2 Å². The molecule has 26 heavy (non-hydrogen) atoms. The fourth-order valence-electron chi connectivity index (χ4n) is 2.39. The Bertz CT molecular complexity index is 791. The molecule has 0 aliphatic heterocycles. The van der Waals surface area contributed by atoms with Gasteiger partial charge in [-0.3, -0.25) is 9.59 Å². The zero-order chi connectivity index (χ0) is 19.1. The lowest BCUT2D eigenvalue weighted by atomic mass is 10.1. The third kappa shape index (κ3) is 4.89. The largest absolute Gasteiger partial charge is 0.332 e. The van der Waals surface area contributed by atoms with Gasteiger partial charge in [-0.05, 0) is 43.4 Å². The number of para-hydroxylation sites is 2. The van der Waals surface area contributed by atoms with Crippen LogP contribution in [0.3, 0.4) is 0 Å². The van der Waals surface area contributed by atoms with Gasteiger partial charge in [0.1, 0.15) is 0 Å². The fourth-order valence-corrected chi connectivity index (χ4v) is 2.60. The van der Waals surface area contributed by atoms with Crippen LogP contribution in [-0.2, 0) is 4.79 Å². The van der Waals surface area contributed by atoms with Gasteiger partial charge in [-0.25, -0.2) is 0 Å². The van der Waals surface area contributed by atoms with E-state index in [0.717, 1.165) is 5.69 Å². The molecule has 0 bridgehead atoms. The minimum absolute atomic E-state index is 0.139. The summed E-state index contributed by atoms with van der Waals surface area (Å²) < 4.78 is 0. The highest BCUT2D eigenvalue weighted by Crippen LogP contribution is 2.21. The molecule has 0 aliphatic carbocycles. The van der Waals surface area contributed by atoms with Crippen molar-refractivity contribution in [1.82, 2.24) is 5.32 Å². The van der Waals surface area contributed by atoms with Crippen molar-refractivity contribution in [3.63, 3.8) is 0 Å². The van der Waals surface area contributed by atoms with E-state index in [9.17, 15) is 9.59 Å². The van der Waals surface area contributed by atoms with Gasteiger partial charge in [0.2, 0.25) is 5.91 Å². The van der Waals surface area contributed by atoms with E-state index in [1.165, 1.54) is 0 Å². The van der Waals surface area contributed by atoms with E-state index in [0.29, 0.717) is 17.8 Å². The molecule has 2 N–H and O–H groups in total. The van der Waals surface area contributed by atoms with Crippen LogP contribution in [0, 0.1) is 5.92 Å². The number of thiocarbonyl (C=S) groups is 1. The van der Waals surface area contributed by atoms with E-state index >= 15 is 0 Å². The molecule has 0 spiro atoms. The van der Waals surface area contributed by atoms with Gasteiger partial charge < -0.3 is 15.5 Å². The first kappa shape index (κ1) is 19.6. The topological polar surface area (TPSA) is 61.4 Å². The molecule has 6 heteroatoms. The molecule has 2 rings (SSSR count). The van der Waals surface area contributed by atoms with E-state index < -0.39 is 0 Å². The summed E-state index contributed by atoms with van der Waals surface area (Å²) in [5.41, 5.74) is 1.87. The van der Waals surface area contributed by atoms with Gasteiger partial charge >= 0.3 is 0 Å². The number of amides is 2. The molecule has 0 aromatic heterocycles. The second-order valence-electron chi connectivity index (χ2n) is 6.03. The number of carbonyl (C=O) groups excluding carboxylic acids is 2. The quantitative estimate of drug-likeness (QED) is 0.787. The third-order valence-electron chi connectivity index (χ3n) is 3.80. The van der Waals surface area contributed by atoms with Crippen LogP contribution in [0.25, 0.3) is 0 Å². The average molecular weight is 369 g/mol. The van der Waals surface area contributed by atoms with Crippen molar-refractivity contribution < 1.29 is 9.59 Å². The molecule has 0 radical (unpaired) electrons. The third-order valence-corrected chi connectivity index (χ3v) is 4.00. The Morgan fingerprint density at radius 1 is 1.04 bits per heavy atom. The summed E-state index contributed by atoms with van der Waals surface area (Å²) in [4.78, 5) is 26.5. The Morgan fingerprint density at radius 2 is 1.65 bits per heavy atom. The number of benzene rings is 2. The zero-order valence-corrected chi connectivity index (χ0v) is 16.0. The first-order chi connectivity index (χ1) is 12.4. The number of nitrogens with zero attached hydrogens (tertiary/aromatic N) is 1. The van der Waals surface area contributed by atoms with Gasteiger partial charge in [0.05, 0.1) is 11.3 Å². The number of rotatable bonds is 5. The smallest absolute Gasteiger partial charge is 0.260 e. The van der Waals surface area contributed by atoms with E-state index in [2.05, 4.69) is 10.6 Å². The molecule has 5 nitrogen and oxygen atoms in total. The van der Waals surface area contributed by atoms with Crippen LogP contribution >= 0.6 is 12.2 Å². The molecule has 2 aromatic rings. The SMILES string of the molecule is CCN(C(=O)c1ccccc1NC(=S)NC(=O)C(C)C)c1ccccc1. The molecule has 0 saturated carbocycles. The van der Waals surface area contributed by atoms with E-state index in [-0.39, 0.29) is 22.8 Å². The molecule has 0 atom stereocenters. The number of anilines is 2. The Labute approximate surface area is 159 Å². The predicted molar refractivity (Wildman–Crippen MR) is 109 cm³/mol. The van der Waals surface area contributed by atoms with Crippen molar-refractivity contribution in [2.45, 2.75) is 20.8 Å². The van der Waals surface area contributed by atoms with Crippen LogP contribution in [0.15, 0.2) is 54.6 Å². The van der Waals surface area contributed by atoms with E-state index in [1.807, 2.05) is 43.3 Å². The minimum atomic E-state index is -0.180. The maximum Gasteiger partial charge on any atom is 0.260 e. The van der Waals surface area contributed by atoms with Crippen LogP contribution in [-0.4, -0.2) is 23.5 Å². The summed E-state index contributed by atoms with van der Waals surface area (Å²) in [6, 6.07) is 16.6. The number of nitrogens with one attached hydrogen (secondary N) is 2. The van der Waals surface area contributed by atoms with Crippen LogP contribution in [0.5, 0.6) is 0 Å². The highest BCUT2D eigenvalue weighted by atomic mass is 32.1. The summed E-state index contributed by atoms with van der Waals surface area (Å²) in [6.07, 6.45) is 0. The lowest BCUT2D eigenvalue weighted by Crippen LogP contribution is -2.37. The molecule has 2 amide bonds. The van der Waals surface area contributed by atoms with Crippen LogP contribution in [0.2, 0.25) is 0 Å². The number of hydrogen-bond acceptors (Lipinski definition) is 3. The van der Waals surface area contributed by atoms with Gasteiger partial charge in [-0.1, -0.05) is 44.2 Å². The summed E-state index contributed by atoms with van der Waals surface area (Å²) in [6.45, 7) is 6.03. The summed E-state index contributed by atoms with van der Waals surface area (Å²) in [7, 11) is 0. The Kier molecular flexibility index (Phi) is 6.86. The van der Waals surface area contributed by atoms with Crippen LogP contribution < -0.4 is 15.5 Å². The summed E-state index contributed by atoms with van der Waals surface area (Å²) >= 11 is 5.20. The molecule has 0 unspecified atom stereocenters. The standard InChI is InChI=1S/C20H23N3O2S/c1-4-23(15-10-6-5-7-11-15)19(25)16-12-8-9-13-17(16)21-20(26)22-18(24)14(2)3/h5-14H,4H2,1-3H3,(H2,21,22,24,26). The summed E-state index contributed by atoms with van der Waals surface area (Å²) in [5, 5.41) is 5.76. The van der Waals surface area contributed by atoms with Crippen LogP contribution in [0.1, 0.15) is 31.1 Å². The van der Waals surface area contributed by atoms with Crippen molar-refractivity contribution in [3.8, 4) is 0 Å². The van der Waals surface area contributed by atoms with Crippen LogP contribution in [0.4, 0.5) is 11.4 Å². The fraction of sp³-hybridized carbons (Fsp3) is 0.250. The molecule has 0 heterocycles. The highest BCUT2D eigenvalue weighted by Gasteiger charge is 2.19. The van der Waals surface area contributed by atoms with E-state index in [1.54, 1.807) is 36.9 Å². The Hall–Kier alpha value is -2.73. The van der Waals surface area contributed by atoms with Crippen molar-refractivity contribution in [1.29, 1.82) is 0 Å². The Morgan fingerprint density at radius 3 is 2.27 bits per heavy atom. The second kappa shape index (κ2) is 9.10. The first-order valence-corrected chi connectivity index (χ1v) is 8.92. The first-order valence-electron chi connectivity index (χ1n) is 8.51. The summed E-state index contributed by atoms with van der Waals surface area (Å²) in [5.74, 6) is -0.495. The second-order valence-corrected chi connectivity index (χ2v) is 6.44. The maximum absolute atomic E-state index is 13.1. The number of hydrogen-bond donors (Lipinski definition) is 2. The molecule has 0 saturated heterocycles. The van der Waals surface area contributed by atoms with Crippen molar-refractivity contribution >= 4 is 40.5 Å². The minimum Gasteiger partial charge on any atom is -0.332 e. The van der Waals surface area contributed by atoms with Gasteiger partial charge in [-0.15, -0.1) is 0 Å². The van der Waals surface area contributed by atoms with Crippen molar-refractivity contribution in [2.24, 2.45) is 5.92 Å². The maximum atomic E-state index is 13.1. The van der Waals surface area contributed by atoms with E-state index in [4.69, 9.17) is 12.2 Å². The molecule has 136 valence electrons. The zero-order valence-electron chi connectivity index (χ0n) is 15.2. The number of carbonyl (C=O) groups is 2. The lowest BCUT2D eigenvalue weighted by Gasteiger charge is -2.23. The molecule has 2 aromatic carbocycles. The molecule has 0 fully saturated rings. The van der Waals surface area contributed by atoms with Crippen molar-refractivity contribution in [2.75, 3.05) is 16.8 Å². The molecular weight excluding hydrogens is 346 g/mol. The van der Waals surface area contributed by atoms with Gasteiger partial charge in [0.25, 0.3) is 5.91 Å². The average Bonchev–Trinajstić information content (AvgIpc) is 2.63. The van der Waals surface area contributed by atoms with Crippen molar-refractivity contribution in [3.05, 3.63) is 60.2 Å². The highest BCUT2D eigenvalue weighted by molar-refractivity contribution is 7.80.